The van der Waals surface area contributed by atoms with E-state index in [0.717, 1.165) is 15.9 Å². The maximum atomic E-state index is 5.79. The zero-order chi connectivity index (χ0) is 14.1. The number of nitrogens with zero attached hydrogens (tertiary/aromatic N) is 3. The molecular formula is C13H12BrN5O. The molecule has 0 aliphatic rings. The van der Waals surface area contributed by atoms with Crippen molar-refractivity contribution >= 4 is 38.9 Å². The molecule has 2 heterocycles. The number of rotatable bonds is 3. The second-order valence-electron chi connectivity index (χ2n) is 4.15. The van der Waals surface area contributed by atoms with Crippen molar-refractivity contribution in [2.75, 3.05) is 18.2 Å². The number of ether oxygens (including phenoxy) is 1. The summed E-state index contributed by atoms with van der Waals surface area (Å²) in [5.41, 5.74) is 7.34. The molecule has 3 N–H and O–H groups in total. The summed E-state index contributed by atoms with van der Waals surface area (Å²) in [6, 6.07) is 5.68. The van der Waals surface area contributed by atoms with Crippen LogP contribution in [0.5, 0.6) is 5.75 Å². The Morgan fingerprint density at radius 1 is 1.40 bits per heavy atom. The molecule has 0 atom stereocenters. The number of hydrogen-bond acceptors (Lipinski definition) is 5. The van der Waals surface area contributed by atoms with E-state index in [4.69, 9.17) is 10.5 Å². The van der Waals surface area contributed by atoms with Gasteiger partial charge in [0.2, 0.25) is 0 Å². The van der Waals surface area contributed by atoms with Crippen molar-refractivity contribution < 1.29 is 4.74 Å². The van der Waals surface area contributed by atoms with Gasteiger partial charge in [-0.1, -0.05) is 0 Å². The summed E-state index contributed by atoms with van der Waals surface area (Å²) < 4.78 is 7.97. The summed E-state index contributed by atoms with van der Waals surface area (Å²) in [6.07, 6.45) is 5.24. The van der Waals surface area contributed by atoms with E-state index >= 15 is 0 Å². The number of benzene rings is 1. The number of methoxy groups -OCH3 is 1. The highest BCUT2D eigenvalue weighted by Gasteiger charge is 2.08. The minimum atomic E-state index is 0.419. The van der Waals surface area contributed by atoms with Gasteiger partial charge in [-0.05, 0) is 28.1 Å². The average molecular weight is 334 g/mol. The SMILES string of the molecule is COc1cc(Nc2nc(N)cn3ccnc23)ccc1Br. The molecule has 0 saturated carbocycles. The van der Waals surface area contributed by atoms with Gasteiger partial charge in [-0.3, -0.25) is 0 Å². The van der Waals surface area contributed by atoms with E-state index in [1.807, 2.05) is 28.8 Å². The van der Waals surface area contributed by atoms with Crippen LogP contribution < -0.4 is 15.8 Å². The summed E-state index contributed by atoms with van der Waals surface area (Å²) in [4.78, 5) is 8.54. The van der Waals surface area contributed by atoms with E-state index in [2.05, 4.69) is 31.2 Å². The molecule has 0 radical (unpaired) electrons. The third-order valence-corrected chi connectivity index (χ3v) is 3.46. The first-order valence-corrected chi connectivity index (χ1v) is 6.66. The van der Waals surface area contributed by atoms with Crippen molar-refractivity contribution in [2.24, 2.45) is 0 Å². The summed E-state index contributed by atoms with van der Waals surface area (Å²) in [6.45, 7) is 0. The van der Waals surface area contributed by atoms with Crippen LogP contribution in [0.1, 0.15) is 0 Å². The first kappa shape index (κ1) is 12.7. The second-order valence-corrected chi connectivity index (χ2v) is 5.00. The lowest BCUT2D eigenvalue weighted by Gasteiger charge is -2.10. The highest BCUT2D eigenvalue weighted by Crippen LogP contribution is 2.29. The van der Waals surface area contributed by atoms with Gasteiger partial charge in [-0.25, -0.2) is 9.97 Å². The van der Waals surface area contributed by atoms with Crippen LogP contribution in [0, 0.1) is 0 Å². The van der Waals surface area contributed by atoms with E-state index in [-0.39, 0.29) is 0 Å². The van der Waals surface area contributed by atoms with Crippen LogP contribution in [0.3, 0.4) is 0 Å². The lowest BCUT2D eigenvalue weighted by molar-refractivity contribution is 0.412. The summed E-state index contributed by atoms with van der Waals surface area (Å²) in [7, 11) is 1.62. The van der Waals surface area contributed by atoms with Gasteiger partial charge < -0.3 is 20.2 Å². The Kier molecular flexibility index (Phi) is 3.19. The van der Waals surface area contributed by atoms with Crippen LogP contribution in [-0.2, 0) is 0 Å². The molecule has 0 fully saturated rings. The molecule has 0 aliphatic heterocycles. The maximum absolute atomic E-state index is 5.79. The molecule has 102 valence electrons. The molecule has 0 unspecified atom stereocenters. The topological polar surface area (TPSA) is 77.5 Å². The Hall–Kier alpha value is -2.28. The zero-order valence-electron chi connectivity index (χ0n) is 10.7. The smallest absolute Gasteiger partial charge is 0.180 e. The fourth-order valence-electron chi connectivity index (χ4n) is 1.91. The molecular weight excluding hydrogens is 322 g/mol. The van der Waals surface area contributed by atoms with Gasteiger partial charge in [0.25, 0.3) is 0 Å². The summed E-state index contributed by atoms with van der Waals surface area (Å²) in [5.74, 6) is 1.75. The lowest BCUT2D eigenvalue weighted by atomic mass is 10.3. The monoisotopic (exact) mass is 333 g/mol. The van der Waals surface area contributed by atoms with E-state index < -0.39 is 0 Å². The molecule has 3 aromatic rings. The summed E-state index contributed by atoms with van der Waals surface area (Å²) in [5, 5.41) is 3.20. The number of halogens is 1. The fraction of sp³-hybridized carbons (Fsp3) is 0.0769. The number of nitrogens with one attached hydrogen (secondary N) is 1. The number of nitrogens with two attached hydrogens (primary N) is 1. The molecule has 0 saturated heterocycles. The number of nitrogen functional groups attached to an aromatic ring is 1. The lowest BCUT2D eigenvalue weighted by Crippen LogP contribution is -2.02. The predicted octanol–water partition coefficient (Wildman–Crippen LogP) is 2.83. The van der Waals surface area contributed by atoms with E-state index in [1.54, 1.807) is 19.5 Å². The van der Waals surface area contributed by atoms with E-state index in [1.165, 1.54) is 0 Å². The van der Waals surface area contributed by atoms with Gasteiger partial charge in [0, 0.05) is 24.1 Å². The normalized spacial score (nSPS) is 10.7. The quantitative estimate of drug-likeness (QED) is 0.770. The zero-order valence-corrected chi connectivity index (χ0v) is 12.3. The Balaban J connectivity index is 2.02. The van der Waals surface area contributed by atoms with Gasteiger partial charge in [0.15, 0.2) is 11.5 Å². The number of aromatic nitrogens is 3. The van der Waals surface area contributed by atoms with E-state index in [9.17, 15) is 0 Å². The molecule has 0 amide bonds. The molecule has 6 nitrogen and oxygen atoms in total. The summed E-state index contributed by atoms with van der Waals surface area (Å²) >= 11 is 3.42. The molecule has 1 aromatic carbocycles. The van der Waals surface area contributed by atoms with Crippen LogP contribution in [0.15, 0.2) is 41.3 Å². The standard InChI is InChI=1S/C13H12BrN5O/c1-20-10-6-8(2-3-9(10)14)17-12-13-16-4-5-19(13)7-11(15)18-12/h2-7H,15H2,1H3,(H,17,18). The molecule has 20 heavy (non-hydrogen) atoms. The molecule has 0 aliphatic carbocycles. The Labute approximate surface area is 123 Å². The third kappa shape index (κ3) is 2.27. The number of anilines is 3. The largest absolute Gasteiger partial charge is 0.495 e. The van der Waals surface area contributed by atoms with Crippen molar-refractivity contribution in [3.05, 3.63) is 41.3 Å². The maximum Gasteiger partial charge on any atom is 0.180 e. The molecule has 7 heteroatoms. The predicted molar refractivity (Wildman–Crippen MR) is 81.4 cm³/mol. The number of hydrogen-bond donors (Lipinski definition) is 2. The van der Waals surface area contributed by atoms with E-state index in [0.29, 0.717) is 17.3 Å². The van der Waals surface area contributed by atoms with Crippen LogP contribution >= 0.6 is 15.9 Å². The molecule has 0 bridgehead atoms. The minimum Gasteiger partial charge on any atom is -0.495 e. The van der Waals surface area contributed by atoms with Crippen LogP contribution in [0.2, 0.25) is 0 Å². The fourth-order valence-corrected chi connectivity index (χ4v) is 2.32. The van der Waals surface area contributed by atoms with Crippen molar-refractivity contribution in [3.8, 4) is 5.75 Å². The van der Waals surface area contributed by atoms with Gasteiger partial charge in [0.1, 0.15) is 11.6 Å². The molecule has 3 rings (SSSR count). The Bertz CT molecular complexity index is 771. The third-order valence-electron chi connectivity index (χ3n) is 2.81. The Morgan fingerprint density at radius 2 is 2.25 bits per heavy atom. The average Bonchev–Trinajstić information content (AvgIpc) is 2.89. The number of imidazole rings is 1. The van der Waals surface area contributed by atoms with Gasteiger partial charge >= 0.3 is 0 Å². The first-order chi connectivity index (χ1) is 9.67. The second kappa shape index (κ2) is 5.01. The molecule has 2 aromatic heterocycles. The van der Waals surface area contributed by atoms with Crippen LogP contribution in [0.25, 0.3) is 5.65 Å². The van der Waals surface area contributed by atoms with Gasteiger partial charge in [-0.15, -0.1) is 0 Å². The van der Waals surface area contributed by atoms with Crippen LogP contribution in [0.4, 0.5) is 17.3 Å². The molecule has 0 spiro atoms. The number of fused-ring (bicyclic) bond motifs is 1. The van der Waals surface area contributed by atoms with Gasteiger partial charge in [-0.2, -0.15) is 0 Å². The Morgan fingerprint density at radius 3 is 3.05 bits per heavy atom. The van der Waals surface area contributed by atoms with Crippen molar-refractivity contribution in [1.29, 1.82) is 0 Å². The van der Waals surface area contributed by atoms with Crippen molar-refractivity contribution in [1.82, 2.24) is 14.4 Å². The van der Waals surface area contributed by atoms with Crippen LogP contribution in [-0.4, -0.2) is 21.5 Å². The van der Waals surface area contributed by atoms with Crippen molar-refractivity contribution in [3.63, 3.8) is 0 Å². The van der Waals surface area contributed by atoms with Crippen molar-refractivity contribution in [2.45, 2.75) is 0 Å². The van der Waals surface area contributed by atoms with Gasteiger partial charge in [0.05, 0.1) is 17.8 Å². The highest BCUT2D eigenvalue weighted by molar-refractivity contribution is 9.10. The first-order valence-electron chi connectivity index (χ1n) is 5.87. The highest BCUT2D eigenvalue weighted by atomic mass is 79.9. The minimum absolute atomic E-state index is 0.419.